The molecular formula is C16H25N3O5. The van der Waals surface area contributed by atoms with Crippen molar-refractivity contribution >= 4 is 23.6 Å². The SMILES string of the molecule is CCC(=O)N[C@@H](C)C(=O)C1CN[C@H](C(=O)N2CCC[C@H]2C(=O)O)C1. The van der Waals surface area contributed by atoms with Crippen LogP contribution in [0.1, 0.15) is 39.5 Å². The van der Waals surface area contributed by atoms with Crippen LogP contribution < -0.4 is 10.6 Å². The topological polar surface area (TPSA) is 116 Å². The Morgan fingerprint density at radius 3 is 2.67 bits per heavy atom. The lowest BCUT2D eigenvalue weighted by molar-refractivity contribution is -0.149. The van der Waals surface area contributed by atoms with Crippen molar-refractivity contribution in [1.82, 2.24) is 15.5 Å². The van der Waals surface area contributed by atoms with Gasteiger partial charge >= 0.3 is 5.97 Å². The Morgan fingerprint density at radius 2 is 2.04 bits per heavy atom. The molecule has 2 saturated heterocycles. The lowest BCUT2D eigenvalue weighted by Crippen LogP contribution is -2.48. The highest BCUT2D eigenvalue weighted by atomic mass is 16.4. The van der Waals surface area contributed by atoms with Crippen molar-refractivity contribution in [3.8, 4) is 0 Å². The predicted octanol–water partition coefficient (Wildman–Crippen LogP) is -0.476. The number of carboxylic acids is 1. The van der Waals surface area contributed by atoms with Crippen LogP contribution in [-0.2, 0) is 19.2 Å². The summed E-state index contributed by atoms with van der Waals surface area (Å²) < 4.78 is 0. The van der Waals surface area contributed by atoms with Crippen molar-refractivity contribution < 1.29 is 24.3 Å². The second-order valence-corrected chi connectivity index (χ2v) is 6.47. The Bertz CT molecular complexity index is 536. The maximum Gasteiger partial charge on any atom is 0.326 e. The summed E-state index contributed by atoms with van der Waals surface area (Å²) in [6, 6.07) is -1.89. The van der Waals surface area contributed by atoms with Gasteiger partial charge in [-0.1, -0.05) is 6.92 Å². The number of hydrogen-bond donors (Lipinski definition) is 3. The van der Waals surface area contributed by atoms with Crippen LogP contribution in [-0.4, -0.2) is 64.8 Å². The van der Waals surface area contributed by atoms with Crippen LogP contribution in [0.25, 0.3) is 0 Å². The molecule has 24 heavy (non-hydrogen) atoms. The lowest BCUT2D eigenvalue weighted by atomic mass is 9.95. The van der Waals surface area contributed by atoms with Gasteiger partial charge in [-0.25, -0.2) is 4.79 Å². The molecule has 2 rings (SSSR count). The van der Waals surface area contributed by atoms with Crippen molar-refractivity contribution in [1.29, 1.82) is 0 Å². The molecule has 4 atom stereocenters. The molecule has 0 bridgehead atoms. The first-order valence-corrected chi connectivity index (χ1v) is 8.44. The fraction of sp³-hybridized carbons (Fsp3) is 0.750. The van der Waals surface area contributed by atoms with Gasteiger partial charge in [0.15, 0.2) is 5.78 Å². The zero-order valence-corrected chi connectivity index (χ0v) is 14.1. The number of aliphatic carboxylic acids is 1. The molecule has 2 amide bonds. The smallest absolute Gasteiger partial charge is 0.326 e. The number of carbonyl (C=O) groups is 4. The summed E-state index contributed by atoms with van der Waals surface area (Å²) in [4.78, 5) is 48.9. The second-order valence-electron chi connectivity index (χ2n) is 6.47. The molecule has 0 saturated carbocycles. The number of carbonyl (C=O) groups excluding carboxylic acids is 3. The Kier molecular flexibility index (Phi) is 5.93. The van der Waals surface area contributed by atoms with Crippen LogP contribution in [0.15, 0.2) is 0 Å². The van der Waals surface area contributed by atoms with Gasteiger partial charge in [0.25, 0.3) is 0 Å². The second kappa shape index (κ2) is 7.74. The van der Waals surface area contributed by atoms with Crippen molar-refractivity contribution in [3.63, 3.8) is 0 Å². The average Bonchev–Trinajstić information content (AvgIpc) is 3.22. The summed E-state index contributed by atoms with van der Waals surface area (Å²) in [5, 5.41) is 14.9. The molecule has 2 fully saturated rings. The van der Waals surface area contributed by atoms with Crippen molar-refractivity contribution in [3.05, 3.63) is 0 Å². The van der Waals surface area contributed by atoms with Crippen molar-refractivity contribution in [2.75, 3.05) is 13.1 Å². The first-order valence-electron chi connectivity index (χ1n) is 8.44. The molecular weight excluding hydrogens is 314 g/mol. The Hall–Kier alpha value is -1.96. The molecule has 0 aromatic carbocycles. The van der Waals surface area contributed by atoms with Gasteiger partial charge in [-0.3, -0.25) is 14.4 Å². The number of ketones is 1. The molecule has 0 aromatic heterocycles. The van der Waals surface area contributed by atoms with Crippen molar-refractivity contribution in [2.45, 2.75) is 57.7 Å². The van der Waals surface area contributed by atoms with Crippen LogP contribution >= 0.6 is 0 Å². The molecule has 2 aliphatic heterocycles. The average molecular weight is 339 g/mol. The monoisotopic (exact) mass is 339 g/mol. The van der Waals surface area contributed by atoms with E-state index >= 15 is 0 Å². The Labute approximate surface area is 141 Å². The van der Waals surface area contributed by atoms with Gasteiger partial charge in [-0.2, -0.15) is 0 Å². The standard InChI is InChI=1S/C16H25N3O5/c1-3-13(20)18-9(2)14(21)10-7-11(17-8-10)15(22)19-6-4-5-12(19)16(23)24/h9-12,17H,3-8H2,1-2H3,(H,18,20)(H,23,24)/t9-,10?,11-,12-/m0/s1. The molecule has 8 nitrogen and oxygen atoms in total. The van der Waals surface area contributed by atoms with E-state index in [2.05, 4.69) is 10.6 Å². The fourth-order valence-electron chi connectivity index (χ4n) is 3.40. The van der Waals surface area contributed by atoms with Crippen LogP contribution in [0.5, 0.6) is 0 Å². The third kappa shape index (κ3) is 3.92. The molecule has 2 aliphatic rings. The minimum absolute atomic E-state index is 0.101. The summed E-state index contributed by atoms with van der Waals surface area (Å²) in [5.41, 5.74) is 0. The maximum atomic E-state index is 12.5. The Morgan fingerprint density at radius 1 is 1.33 bits per heavy atom. The van der Waals surface area contributed by atoms with E-state index in [9.17, 15) is 24.3 Å². The number of amides is 2. The largest absolute Gasteiger partial charge is 0.480 e. The van der Waals surface area contributed by atoms with Gasteiger partial charge in [-0.05, 0) is 26.2 Å². The molecule has 0 spiro atoms. The van der Waals surface area contributed by atoms with Crippen LogP contribution in [0.4, 0.5) is 0 Å². The summed E-state index contributed by atoms with van der Waals surface area (Å²) in [6.07, 6.45) is 1.80. The highest BCUT2D eigenvalue weighted by Crippen LogP contribution is 2.23. The van der Waals surface area contributed by atoms with Gasteiger partial charge in [0.2, 0.25) is 11.8 Å². The number of hydrogen-bond acceptors (Lipinski definition) is 5. The van der Waals surface area contributed by atoms with E-state index < -0.39 is 24.1 Å². The van der Waals surface area contributed by atoms with E-state index in [0.29, 0.717) is 38.8 Å². The lowest BCUT2D eigenvalue weighted by Gasteiger charge is -2.24. The molecule has 0 radical (unpaired) electrons. The molecule has 8 heteroatoms. The van der Waals surface area contributed by atoms with Crippen LogP contribution in [0.3, 0.4) is 0 Å². The first-order chi connectivity index (χ1) is 11.3. The molecule has 1 unspecified atom stereocenters. The normalized spacial score (nSPS) is 27.8. The van der Waals surface area contributed by atoms with E-state index in [-0.39, 0.29) is 23.5 Å². The van der Waals surface area contributed by atoms with Crippen molar-refractivity contribution in [2.24, 2.45) is 5.92 Å². The van der Waals surface area contributed by atoms with E-state index in [1.54, 1.807) is 13.8 Å². The quantitative estimate of drug-likeness (QED) is 0.602. The maximum absolute atomic E-state index is 12.5. The third-order valence-corrected chi connectivity index (χ3v) is 4.78. The highest BCUT2D eigenvalue weighted by Gasteiger charge is 2.41. The highest BCUT2D eigenvalue weighted by molar-refractivity contribution is 5.93. The van der Waals surface area contributed by atoms with Gasteiger partial charge in [0, 0.05) is 25.4 Å². The van der Waals surface area contributed by atoms with E-state index in [1.165, 1.54) is 4.90 Å². The molecule has 134 valence electrons. The number of nitrogens with zero attached hydrogens (tertiary/aromatic N) is 1. The van der Waals surface area contributed by atoms with Crippen LogP contribution in [0.2, 0.25) is 0 Å². The minimum atomic E-state index is -0.984. The van der Waals surface area contributed by atoms with Gasteiger partial charge in [0.1, 0.15) is 6.04 Å². The number of Topliss-reactive ketones (excluding diaryl/α,β-unsaturated/α-hetero) is 1. The molecule has 3 N–H and O–H groups in total. The fourth-order valence-corrected chi connectivity index (χ4v) is 3.40. The molecule has 2 heterocycles. The zero-order chi connectivity index (χ0) is 17.9. The number of rotatable bonds is 6. The summed E-state index contributed by atoms with van der Waals surface area (Å²) in [5.74, 6) is -1.87. The van der Waals surface area contributed by atoms with Crippen LogP contribution in [0, 0.1) is 5.92 Å². The van der Waals surface area contributed by atoms with E-state index in [4.69, 9.17) is 0 Å². The zero-order valence-electron chi connectivity index (χ0n) is 14.1. The Balaban J connectivity index is 1.92. The van der Waals surface area contributed by atoms with E-state index in [1.807, 2.05) is 0 Å². The predicted molar refractivity (Wildman–Crippen MR) is 85.2 cm³/mol. The summed E-state index contributed by atoms with van der Waals surface area (Å²) in [6.45, 7) is 4.17. The summed E-state index contributed by atoms with van der Waals surface area (Å²) in [7, 11) is 0. The van der Waals surface area contributed by atoms with Gasteiger partial charge in [-0.15, -0.1) is 0 Å². The van der Waals surface area contributed by atoms with Gasteiger partial charge in [0.05, 0.1) is 12.1 Å². The number of nitrogens with one attached hydrogen (secondary N) is 2. The van der Waals surface area contributed by atoms with Gasteiger partial charge < -0.3 is 20.6 Å². The number of carboxylic acid groups (broad SMARTS) is 1. The minimum Gasteiger partial charge on any atom is -0.480 e. The first kappa shape index (κ1) is 18.4. The molecule has 0 aromatic rings. The summed E-state index contributed by atoms with van der Waals surface area (Å²) >= 11 is 0. The number of likely N-dealkylation sites (tertiary alicyclic amines) is 1. The molecule has 0 aliphatic carbocycles. The van der Waals surface area contributed by atoms with E-state index in [0.717, 1.165) is 0 Å². The third-order valence-electron chi connectivity index (χ3n) is 4.78.